The van der Waals surface area contributed by atoms with Crippen LogP contribution in [-0.4, -0.2) is 18.0 Å². The minimum absolute atomic E-state index is 0.159. The number of benzene rings is 2. The highest BCUT2D eigenvalue weighted by Gasteiger charge is 2.40. The Hall–Kier alpha value is -2.62. The van der Waals surface area contributed by atoms with Crippen molar-refractivity contribution >= 4 is 11.8 Å². The molecule has 2 N–H and O–H groups in total. The summed E-state index contributed by atoms with van der Waals surface area (Å²) in [5, 5.41) is 5.82. The van der Waals surface area contributed by atoms with Crippen LogP contribution >= 0.6 is 0 Å². The van der Waals surface area contributed by atoms with Gasteiger partial charge in [0, 0.05) is 16.5 Å². The maximum Gasteiger partial charge on any atom is 0.253 e. The summed E-state index contributed by atoms with van der Waals surface area (Å²) in [5.74, 6) is -0.355. The molecule has 112 valence electrons. The summed E-state index contributed by atoms with van der Waals surface area (Å²) in [5.41, 5.74) is 1.79. The fraction of sp³-hybridized carbons (Fsp3) is 0.222. The second kappa shape index (κ2) is 5.30. The maximum absolute atomic E-state index is 12.4. The number of hydrogen-bond acceptors (Lipinski definition) is 2. The Balaban J connectivity index is 1.90. The van der Waals surface area contributed by atoms with Crippen LogP contribution in [0.3, 0.4) is 0 Å². The van der Waals surface area contributed by atoms with E-state index in [1.807, 2.05) is 56.3 Å². The van der Waals surface area contributed by atoms with E-state index in [4.69, 9.17) is 0 Å². The molecule has 3 rings (SSSR count). The first-order valence-corrected chi connectivity index (χ1v) is 7.26. The van der Waals surface area contributed by atoms with Crippen LogP contribution in [0.25, 0.3) is 0 Å². The van der Waals surface area contributed by atoms with Gasteiger partial charge < -0.3 is 10.6 Å². The van der Waals surface area contributed by atoms with Gasteiger partial charge >= 0.3 is 0 Å². The lowest BCUT2D eigenvalue weighted by Gasteiger charge is -2.40. The highest BCUT2D eigenvalue weighted by atomic mass is 16.2. The Bertz CT molecular complexity index is 723. The molecule has 0 saturated carbocycles. The molecular formula is C18H18N2O2. The third-order valence-corrected chi connectivity index (χ3v) is 4.17. The topological polar surface area (TPSA) is 58.2 Å². The summed E-state index contributed by atoms with van der Waals surface area (Å²) in [7, 11) is 0. The van der Waals surface area contributed by atoms with Crippen LogP contribution in [0.1, 0.15) is 40.1 Å². The maximum atomic E-state index is 12.4. The van der Waals surface area contributed by atoms with Crippen molar-refractivity contribution in [1.29, 1.82) is 0 Å². The second-order valence-electron chi connectivity index (χ2n) is 6.01. The van der Waals surface area contributed by atoms with Crippen molar-refractivity contribution in [3.8, 4) is 0 Å². The molecule has 2 aromatic rings. The van der Waals surface area contributed by atoms with Gasteiger partial charge in [0.15, 0.2) is 0 Å². The van der Waals surface area contributed by atoms with Crippen LogP contribution in [-0.2, 0) is 5.41 Å². The molecule has 1 aliphatic heterocycles. The summed E-state index contributed by atoms with van der Waals surface area (Å²) >= 11 is 0. The van der Waals surface area contributed by atoms with Gasteiger partial charge in [0.1, 0.15) is 6.17 Å². The van der Waals surface area contributed by atoms with Crippen LogP contribution in [0.15, 0.2) is 54.6 Å². The van der Waals surface area contributed by atoms with E-state index in [1.165, 1.54) is 0 Å². The van der Waals surface area contributed by atoms with E-state index in [0.29, 0.717) is 11.1 Å². The van der Waals surface area contributed by atoms with E-state index in [2.05, 4.69) is 10.6 Å². The van der Waals surface area contributed by atoms with E-state index < -0.39 is 11.6 Å². The third-order valence-electron chi connectivity index (χ3n) is 4.17. The van der Waals surface area contributed by atoms with E-state index in [0.717, 1.165) is 5.56 Å². The highest BCUT2D eigenvalue weighted by Crippen LogP contribution is 2.32. The van der Waals surface area contributed by atoms with Crippen molar-refractivity contribution in [2.24, 2.45) is 0 Å². The molecule has 0 bridgehead atoms. The zero-order chi connectivity index (χ0) is 15.7. The summed E-state index contributed by atoms with van der Waals surface area (Å²) in [4.78, 5) is 24.6. The summed E-state index contributed by atoms with van der Waals surface area (Å²) in [6, 6.07) is 16.5. The first-order valence-electron chi connectivity index (χ1n) is 7.26. The van der Waals surface area contributed by atoms with Gasteiger partial charge in [0.25, 0.3) is 11.8 Å². The molecule has 1 aliphatic rings. The van der Waals surface area contributed by atoms with Crippen molar-refractivity contribution in [2.75, 3.05) is 0 Å². The zero-order valence-corrected chi connectivity index (χ0v) is 12.6. The highest BCUT2D eigenvalue weighted by molar-refractivity contribution is 5.99. The van der Waals surface area contributed by atoms with Crippen molar-refractivity contribution in [2.45, 2.75) is 25.4 Å². The molecule has 22 heavy (non-hydrogen) atoms. The number of hydrogen-bond donors (Lipinski definition) is 2. The smallest absolute Gasteiger partial charge is 0.253 e. The molecule has 2 aromatic carbocycles. The minimum atomic E-state index is -0.456. The number of nitrogens with one attached hydrogen (secondary N) is 2. The molecule has 1 unspecified atom stereocenters. The fourth-order valence-electron chi connectivity index (χ4n) is 2.81. The lowest BCUT2D eigenvalue weighted by molar-refractivity contribution is 0.0821. The summed E-state index contributed by atoms with van der Waals surface area (Å²) in [6.07, 6.45) is -0.456. The predicted octanol–water partition coefficient (Wildman–Crippen LogP) is 2.46. The van der Waals surface area contributed by atoms with E-state index in [9.17, 15) is 9.59 Å². The van der Waals surface area contributed by atoms with Crippen LogP contribution < -0.4 is 10.6 Å². The Kier molecular flexibility index (Phi) is 3.45. The number of amides is 2. The van der Waals surface area contributed by atoms with E-state index >= 15 is 0 Å². The average Bonchev–Trinajstić information content (AvgIpc) is 2.53. The molecule has 1 atom stereocenters. The van der Waals surface area contributed by atoms with Crippen molar-refractivity contribution in [3.05, 3.63) is 71.3 Å². The lowest BCUT2D eigenvalue weighted by Crippen LogP contribution is -2.61. The zero-order valence-electron chi connectivity index (χ0n) is 12.6. The van der Waals surface area contributed by atoms with Gasteiger partial charge in [-0.05, 0) is 23.8 Å². The third kappa shape index (κ3) is 2.37. The Morgan fingerprint density at radius 3 is 2.41 bits per heavy atom. The molecule has 0 fully saturated rings. The SMILES string of the molecule is CC1(C)c2ccccc2C(=O)NC1NC(=O)c1ccccc1. The van der Waals surface area contributed by atoms with Gasteiger partial charge in [-0.1, -0.05) is 50.2 Å². The normalized spacial score (nSPS) is 19.0. The quantitative estimate of drug-likeness (QED) is 0.894. The molecule has 0 saturated heterocycles. The monoisotopic (exact) mass is 294 g/mol. The van der Waals surface area contributed by atoms with Gasteiger partial charge in [0.2, 0.25) is 0 Å². The van der Waals surface area contributed by atoms with E-state index in [1.54, 1.807) is 12.1 Å². The van der Waals surface area contributed by atoms with Crippen molar-refractivity contribution in [1.82, 2.24) is 10.6 Å². The number of carbonyl (C=O) groups is 2. The average molecular weight is 294 g/mol. The summed E-state index contributed by atoms with van der Waals surface area (Å²) < 4.78 is 0. The van der Waals surface area contributed by atoms with Gasteiger partial charge in [0.05, 0.1) is 0 Å². The molecule has 0 radical (unpaired) electrons. The van der Waals surface area contributed by atoms with E-state index in [-0.39, 0.29) is 11.8 Å². The van der Waals surface area contributed by atoms with Gasteiger partial charge in [-0.3, -0.25) is 9.59 Å². The molecule has 4 nitrogen and oxygen atoms in total. The predicted molar refractivity (Wildman–Crippen MR) is 84.6 cm³/mol. The number of rotatable bonds is 2. The Morgan fingerprint density at radius 2 is 1.68 bits per heavy atom. The van der Waals surface area contributed by atoms with Crippen molar-refractivity contribution < 1.29 is 9.59 Å². The number of carbonyl (C=O) groups excluding carboxylic acids is 2. The van der Waals surface area contributed by atoms with Crippen LogP contribution in [0, 0.1) is 0 Å². The van der Waals surface area contributed by atoms with Crippen LogP contribution in [0.5, 0.6) is 0 Å². The molecule has 1 heterocycles. The first-order chi connectivity index (χ1) is 10.5. The standard InChI is InChI=1S/C18H18N2O2/c1-18(2)14-11-7-6-10-13(14)16(22)20-17(18)19-15(21)12-8-4-3-5-9-12/h3-11,17H,1-2H3,(H,19,21)(H,20,22). The lowest BCUT2D eigenvalue weighted by atomic mass is 9.76. The van der Waals surface area contributed by atoms with Gasteiger partial charge in [-0.15, -0.1) is 0 Å². The molecule has 2 amide bonds. The molecule has 0 aromatic heterocycles. The van der Waals surface area contributed by atoms with Crippen LogP contribution in [0.4, 0.5) is 0 Å². The van der Waals surface area contributed by atoms with Gasteiger partial charge in [-0.2, -0.15) is 0 Å². The second-order valence-corrected chi connectivity index (χ2v) is 6.01. The Labute approximate surface area is 129 Å². The molecule has 0 spiro atoms. The largest absolute Gasteiger partial charge is 0.331 e. The fourth-order valence-corrected chi connectivity index (χ4v) is 2.81. The molecular weight excluding hydrogens is 276 g/mol. The Morgan fingerprint density at radius 1 is 1.05 bits per heavy atom. The minimum Gasteiger partial charge on any atom is -0.331 e. The summed E-state index contributed by atoms with van der Waals surface area (Å²) in [6.45, 7) is 4.03. The first kappa shape index (κ1) is 14.3. The molecule has 0 aliphatic carbocycles. The van der Waals surface area contributed by atoms with Gasteiger partial charge in [-0.25, -0.2) is 0 Å². The van der Waals surface area contributed by atoms with Crippen LogP contribution in [0.2, 0.25) is 0 Å². The van der Waals surface area contributed by atoms with Crippen molar-refractivity contribution in [3.63, 3.8) is 0 Å². The number of fused-ring (bicyclic) bond motifs is 1. The molecule has 4 heteroatoms.